The molecule has 0 fully saturated rings. The third-order valence-electron chi connectivity index (χ3n) is 4.40. The quantitative estimate of drug-likeness (QED) is 0.348. The molecule has 4 rings (SSSR count). The zero-order chi connectivity index (χ0) is 18.6. The van der Waals surface area contributed by atoms with Crippen molar-refractivity contribution in [3.8, 4) is 5.75 Å². The summed E-state index contributed by atoms with van der Waals surface area (Å²) in [4.78, 5) is 15.2. The van der Waals surface area contributed by atoms with Gasteiger partial charge in [-0.25, -0.2) is 4.98 Å². The van der Waals surface area contributed by atoms with E-state index in [-0.39, 0.29) is 0 Å². The lowest BCUT2D eigenvalue weighted by atomic mass is 10.2. The van der Waals surface area contributed by atoms with Crippen molar-refractivity contribution in [2.24, 2.45) is 0 Å². The van der Waals surface area contributed by atoms with E-state index < -0.39 is 0 Å². The van der Waals surface area contributed by atoms with Crippen molar-refractivity contribution in [2.45, 2.75) is 13.0 Å². The largest absolute Gasteiger partial charge is 0.497 e. The highest BCUT2D eigenvalue weighted by Crippen LogP contribution is 2.30. The predicted molar refractivity (Wildman–Crippen MR) is 109 cm³/mol. The Morgan fingerprint density at radius 1 is 1.15 bits per heavy atom. The first-order chi connectivity index (χ1) is 13.2. The van der Waals surface area contributed by atoms with Crippen LogP contribution in [0.5, 0.6) is 5.75 Å². The van der Waals surface area contributed by atoms with E-state index >= 15 is 0 Å². The van der Waals surface area contributed by atoms with Crippen LogP contribution in [0.25, 0.3) is 22.1 Å². The van der Waals surface area contributed by atoms with Gasteiger partial charge in [-0.1, -0.05) is 11.6 Å². The number of aromatic nitrogens is 4. The van der Waals surface area contributed by atoms with E-state index in [0.717, 1.165) is 64.0 Å². The van der Waals surface area contributed by atoms with Gasteiger partial charge in [0.05, 0.1) is 17.6 Å². The van der Waals surface area contributed by atoms with Gasteiger partial charge in [0.15, 0.2) is 5.65 Å². The van der Waals surface area contributed by atoms with Gasteiger partial charge in [0.1, 0.15) is 5.75 Å². The van der Waals surface area contributed by atoms with E-state index in [1.54, 1.807) is 13.3 Å². The maximum absolute atomic E-state index is 6.49. The fourth-order valence-electron chi connectivity index (χ4n) is 3.01. The summed E-state index contributed by atoms with van der Waals surface area (Å²) in [6, 6.07) is 9.70. The first kappa shape index (κ1) is 17.6. The molecule has 0 saturated carbocycles. The number of imidazole rings is 1. The summed E-state index contributed by atoms with van der Waals surface area (Å²) in [5.74, 6) is 1.55. The van der Waals surface area contributed by atoms with Gasteiger partial charge in [-0.2, -0.15) is 4.98 Å². The Morgan fingerprint density at radius 2 is 2.07 bits per heavy atom. The highest BCUT2D eigenvalue weighted by atomic mass is 35.5. The second kappa shape index (κ2) is 7.85. The van der Waals surface area contributed by atoms with E-state index in [4.69, 9.17) is 16.3 Å². The van der Waals surface area contributed by atoms with Crippen LogP contribution in [-0.4, -0.2) is 40.1 Å². The molecule has 1 aromatic carbocycles. The first-order valence-electron chi connectivity index (χ1n) is 8.84. The molecule has 4 aromatic rings. The fraction of sp³-hybridized carbons (Fsp3) is 0.263. The summed E-state index contributed by atoms with van der Waals surface area (Å²) < 4.78 is 5.26. The molecule has 140 valence electrons. The molecule has 0 unspecified atom stereocenters. The summed E-state index contributed by atoms with van der Waals surface area (Å²) in [7, 11) is 1.65. The summed E-state index contributed by atoms with van der Waals surface area (Å²) in [6.07, 6.45) is 2.69. The Morgan fingerprint density at radius 3 is 2.93 bits per heavy atom. The minimum atomic E-state index is 0.685. The Hall–Kier alpha value is -2.77. The number of hydrogen-bond acceptors (Lipinski definition) is 5. The smallest absolute Gasteiger partial charge is 0.202 e. The van der Waals surface area contributed by atoms with Crippen LogP contribution in [0.15, 0.2) is 36.5 Å². The van der Waals surface area contributed by atoms with Crippen molar-refractivity contribution < 1.29 is 4.74 Å². The van der Waals surface area contributed by atoms with E-state index in [0.29, 0.717) is 6.54 Å². The number of ether oxygens (including phenoxy) is 1. The average molecular weight is 385 g/mol. The lowest BCUT2D eigenvalue weighted by molar-refractivity contribution is 0.415. The van der Waals surface area contributed by atoms with Gasteiger partial charge in [-0.3, -0.25) is 0 Å². The summed E-state index contributed by atoms with van der Waals surface area (Å²) in [5, 5.41) is 8.42. The Labute approximate surface area is 161 Å². The van der Waals surface area contributed by atoms with Gasteiger partial charge in [0.2, 0.25) is 5.95 Å². The van der Waals surface area contributed by atoms with Crippen LogP contribution >= 0.6 is 11.6 Å². The van der Waals surface area contributed by atoms with Crippen molar-refractivity contribution in [3.63, 3.8) is 0 Å². The molecule has 0 bridgehead atoms. The van der Waals surface area contributed by atoms with Gasteiger partial charge >= 0.3 is 0 Å². The number of nitrogens with zero attached hydrogens (tertiary/aromatic N) is 2. The van der Waals surface area contributed by atoms with Crippen molar-refractivity contribution in [3.05, 3.63) is 47.2 Å². The van der Waals surface area contributed by atoms with Crippen LogP contribution in [0.3, 0.4) is 0 Å². The number of benzene rings is 1. The Balaban J connectivity index is 1.25. The number of halogens is 1. The van der Waals surface area contributed by atoms with E-state index in [1.165, 1.54) is 0 Å². The first-order valence-corrected chi connectivity index (χ1v) is 9.22. The van der Waals surface area contributed by atoms with Gasteiger partial charge in [-0.05, 0) is 43.3 Å². The van der Waals surface area contributed by atoms with E-state index in [1.807, 2.05) is 30.3 Å². The van der Waals surface area contributed by atoms with Crippen LogP contribution in [0, 0.1) is 0 Å². The lowest BCUT2D eigenvalue weighted by Gasteiger charge is -2.05. The van der Waals surface area contributed by atoms with Crippen LogP contribution in [-0.2, 0) is 6.54 Å². The van der Waals surface area contributed by atoms with Crippen LogP contribution in [0.4, 0.5) is 5.95 Å². The monoisotopic (exact) mass is 384 g/mol. The van der Waals surface area contributed by atoms with E-state index in [2.05, 4.69) is 30.6 Å². The lowest BCUT2D eigenvalue weighted by Crippen LogP contribution is -2.18. The molecule has 27 heavy (non-hydrogen) atoms. The molecule has 0 aliphatic carbocycles. The molecular weight excluding hydrogens is 364 g/mol. The zero-order valence-electron chi connectivity index (χ0n) is 15.0. The average Bonchev–Trinajstić information content (AvgIpc) is 3.25. The van der Waals surface area contributed by atoms with Gasteiger partial charge in [0, 0.05) is 35.9 Å². The Bertz CT molecular complexity index is 1020. The molecule has 8 heteroatoms. The molecule has 0 saturated heterocycles. The molecule has 3 aromatic heterocycles. The summed E-state index contributed by atoms with van der Waals surface area (Å²) in [6.45, 7) is 2.36. The van der Waals surface area contributed by atoms with Gasteiger partial charge in [-0.15, -0.1) is 0 Å². The van der Waals surface area contributed by atoms with Gasteiger partial charge in [0.25, 0.3) is 0 Å². The van der Waals surface area contributed by atoms with Crippen LogP contribution in [0.1, 0.15) is 12.1 Å². The number of methoxy groups -OCH3 is 1. The minimum absolute atomic E-state index is 0.685. The number of nitrogens with one attached hydrogen (secondary N) is 4. The number of rotatable bonds is 8. The molecule has 0 aliphatic heterocycles. The minimum Gasteiger partial charge on any atom is -0.497 e. The molecule has 4 N–H and O–H groups in total. The van der Waals surface area contributed by atoms with Gasteiger partial charge < -0.3 is 25.3 Å². The third kappa shape index (κ3) is 3.84. The molecule has 7 nitrogen and oxygen atoms in total. The fourth-order valence-corrected chi connectivity index (χ4v) is 3.28. The molecule has 0 atom stereocenters. The second-order valence-corrected chi connectivity index (χ2v) is 6.62. The normalized spacial score (nSPS) is 11.3. The summed E-state index contributed by atoms with van der Waals surface area (Å²) in [5.41, 5.74) is 3.65. The predicted octanol–water partition coefficient (Wildman–Crippen LogP) is 3.69. The number of fused-ring (bicyclic) bond motifs is 2. The molecule has 0 spiro atoms. The van der Waals surface area contributed by atoms with Crippen molar-refractivity contribution in [1.29, 1.82) is 0 Å². The molecule has 0 amide bonds. The number of hydrogen-bond donors (Lipinski definition) is 4. The van der Waals surface area contributed by atoms with Crippen LogP contribution in [0.2, 0.25) is 5.02 Å². The number of H-pyrrole nitrogens is 2. The standard InChI is InChI=1S/C19H21ClN6O/c1-27-12-5-6-14-13(10-12)17(20)16(24-14)11-21-7-3-9-23-19-25-15-4-2-8-22-18(15)26-19/h2,4-6,8,10,21,24H,3,7,9,11H2,1H3,(H2,22,23,25,26). The number of pyridine rings is 1. The topological polar surface area (TPSA) is 90.7 Å². The maximum Gasteiger partial charge on any atom is 0.202 e. The highest BCUT2D eigenvalue weighted by Gasteiger charge is 2.10. The molecule has 0 aliphatic rings. The van der Waals surface area contributed by atoms with Crippen molar-refractivity contribution in [1.82, 2.24) is 25.3 Å². The SMILES string of the molecule is COc1ccc2[nH]c(CNCCCNc3nc4ncccc4[nH]3)c(Cl)c2c1. The number of aromatic amines is 2. The molecule has 0 radical (unpaired) electrons. The zero-order valence-corrected chi connectivity index (χ0v) is 15.7. The third-order valence-corrected chi connectivity index (χ3v) is 4.83. The molecule has 3 heterocycles. The maximum atomic E-state index is 6.49. The van der Waals surface area contributed by atoms with Crippen molar-refractivity contribution >= 4 is 39.6 Å². The van der Waals surface area contributed by atoms with Crippen molar-refractivity contribution in [2.75, 3.05) is 25.5 Å². The van der Waals surface area contributed by atoms with Crippen LogP contribution < -0.4 is 15.4 Å². The summed E-state index contributed by atoms with van der Waals surface area (Å²) >= 11 is 6.49. The Kier molecular flexibility index (Phi) is 5.13. The molecular formula is C19H21ClN6O. The van der Waals surface area contributed by atoms with E-state index in [9.17, 15) is 0 Å². The number of anilines is 1. The highest BCUT2D eigenvalue weighted by molar-refractivity contribution is 6.36. The second-order valence-electron chi connectivity index (χ2n) is 6.25.